The van der Waals surface area contributed by atoms with E-state index in [4.69, 9.17) is 4.52 Å². The van der Waals surface area contributed by atoms with Crippen LogP contribution in [0.3, 0.4) is 0 Å². The molecule has 0 N–H and O–H groups in total. The standard InChI is InChI=1S/C13H15N3O2/c1-4-10(17)9(3)13-15-12(16-18-13)11-8(2)6-5-7-14-11/h5-7,9H,4H2,1-3H3. The molecule has 2 rings (SSSR count). The second-order valence-electron chi connectivity index (χ2n) is 4.17. The SMILES string of the molecule is CCC(=O)C(C)c1nc(-c2ncccc2C)no1. The number of hydrogen-bond acceptors (Lipinski definition) is 5. The van der Waals surface area contributed by atoms with E-state index in [1.165, 1.54) is 0 Å². The lowest BCUT2D eigenvalue weighted by Gasteiger charge is -2.01. The topological polar surface area (TPSA) is 68.9 Å². The maximum Gasteiger partial charge on any atom is 0.237 e. The minimum absolute atomic E-state index is 0.0861. The van der Waals surface area contributed by atoms with Crippen LogP contribution in [0.1, 0.15) is 37.6 Å². The molecule has 0 aliphatic heterocycles. The second kappa shape index (κ2) is 5.08. The first-order chi connectivity index (χ1) is 8.63. The number of ketones is 1. The average Bonchev–Trinajstić information content (AvgIpc) is 2.87. The number of carbonyl (C=O) groups excluding carboxylic acids is 1. The van der Waals surface area contributed by atoms with E-state index in [0.717, 1.165) is 5.56 Å². The van der Waals surface area contributed by atoms with Crippen LogP contribution in [-0.2, 0) is 4.79 Å². The monoisotopic (exact) mass is 245 g/mol. The molecule has 2 heterocycles. The van der Waals surface area contributed by atoms with Gasteiger partial charge in [-0.1, -0.05) is 18.1 Å². The molecule has 0 aliphatic rings. The maximum absolute atomic E-state index is 11.6. The first-order valence-corrected chi connectivity index (χ1v) is 5.91. The van der Waals surface area contributed by atoms with Crippen LogP contribution in [0.5, 0.6) is 0 Å². The molecule has 0 aromatic carbocycles. The van der Waals surface area contributed by atoms with Crippen LogP contribution in [0.15, 0.2) is 22.9 Å². The molecule has 0 amide bonds. The average molecular weight is 245 g/mol. The van der Waals surface area contributed by atoms with Gasteiger partial charge in [0.05, 0.1) is 5.92 Å². The molecular formula is C13H15N3O2. The molecule has 0 saturated heterocycles. The number of carbonyl (C=O) groups is 1. The van der Waals surface area contributed by atoms with Gasteiger partial charge < -0.3 is 4.52 Å². The van der Waals surface area contributed by atoms with Gasteiger partial charge in [0.1, 0.15) is 11.5 Å². The molecular weight excluding hydrogens is 230 g/mol. The summed E-state index contributed by atoms with van der Waals surface area (Å²) in [7, 11) is 0. The van der Waals surface area contributed by atoms with Gasteiger partial charge in [-0.25, -0.2) is 0 Å². The number of Topliss-reactive ketones (excluding diaryl/α,β-unsaturated/α-hetero) is 1. The van der Waals surface area contributed by atoms with Crippen molar-refractivity contribution in [2.24, 2.45) is 0 Å². The van der Waals surface area contributed by atoms with E-state index < -0.39 is 0 Å². The van der Waals surface area contributed by atoms with Crippen molar-refractivity contribution in [3.63, 3.8) is 0 Å². The molecule has 0 bridgehead atoms. The Labute approximate surface area is 105 Å². The number of nitrogens with zero attached hydrogens (tertiary/aromatic N) is 3. The van der Waals surface area contributed by atoms with Crippen LogP contribution in [0.2, 0.25) is 0 Å². The van der Waals surface area contributed by atoms with E-state index in [9.17, 15) is 4.79 Å². The molecule has 94 valence electrons. The summed E-state index contributed by atoms with van der Waals surface area (Å²) in [6.07, 6.45) is 2.14. The van der Waals surface area contributed by atoms with Crippen LogP contribution in [0.25, 0.3) is 11.5 Å². The van der Waals surface area contributed by atoms with Crippen molar-refractivity contribution in [3.8, 4) is 11.5 Å². The highest BCUT2D eigenvalue weighted by Crippen LogP contribution is 2.21. The molecule has 0 aliphatic carbocycles. The lowest BCUT2D eigenvalue weighted by Crippen LogP contribution is -2.07. The predicted molar refractivity (Wildman–Crippen MR) is 66.0 cm³/mol. The highest BCUT2D eigenvalue weighted by molar-refractivity contribution is 5.84. The van der Waals surface area contributed by atoms with Gasteiger partial charge in [-0.3, -0.25) is 9.78 Å². The first-order valence-electron chi connectivity index (χ1n) is 5.91. The lowest BCUT2D eigenvalue weighted by molar-refractivity contribution is -0.120. The van der Waals surface area contributed by atoms with Crippen molar-refractivity contribution < 1.29 is 9.32 Å². The van der Waals surface area contributed by atoms with Gasteiger partial charge in [0, 0.05) is 12.6 Å². The molecule has 1 atom stereocenters. The fraction of sp³-hybridized carbons (Fsp3) is 0.385. The Morgan fingerprint density at radius 2 is 2.28 bits per heavy atom. The Bertz CT molecular complexity index is 563. The van der Waals surface area contributed by atoms with Crippen LogP contribution in [-0.4, -0.2) is 20.9 Å². The summed E-state index contributed by atoms with van der Waals surface area (Å²) < 4.78 is 5.14. The molecule has 0 radical (unpaired) electrons. The number of aromatic nitrogens is 3. The molecule has 5 heteroatoms. The van der Waals surface area contributed by atoms with Crippen molar-refractivity contribution in [2.75, 3.05) is 0 Å². The third kappa shape index (κ3) is 2.30. The van der Waals surface area contributed by atoms with Crippen LogP contribution >= 0.6 is 0 Å². The van der Waals surface area contributed by atoms with Crippen molar-refractivity contribution in [1.82, 2.24) is 15.1 Å². The van der Waals surface area contributed by atoms with Crippen LogP contribution in [0.4, 0.5) is 0 Å². The smallest absolute Gasteiger partial charge is 0.237 e. The molecule has 5 nitrogen and oxygen atoms in total. The van der Waals surface area contributed by atoms with E-state index in [0.29, 0.717) is 23.8 Å². The summed E-state index contributed by atoms with van der Waals surface area (Å²) in [6.45, 7) is 5.52. The molecule has 0 saturated carbocycles. The zero-order valence-corrected chi connectivity index (χ0v) is 10.7. The number of pyridine rings is 1. The highest BCUT2D eigenvalue weighted by Gasteiger charge is 2.21. The number of aryl methyl sites for hydroxylation is 1. The fourth-order valence-corrected chi connectivity index (χ4v) is 1.67. The Morgan fingerprint density at radius 3 is 2.94 bits per heavy atom. The largest absolute Gasteiger partial charge is 0.338 e. The Kier molecular flexibility index (Phi) is 3.50. The van der Waals surface area contributed by atoms with Crippen LogP contribution in [0, 0.1) is 6.92 Å². The van der Waals surface area contributed by atoms with Gasteiger partial charge in [0.15, 0.2) is 0 Å². The third-order valence-electron chi connectivity index (χ3n) is 2.86. The fourth-order valence-electron chi connectivity index (χ4n) is 1.67. The predicted octanol–water partition coefficient (Wildman–Crippen LogP) is 2.52. The van der Waals surface area contributed by atoms with Crippen molar-refractivity contribution >= 4 is 5.78 Å². The van der Waals surface area contributed by atoms with Crippen molar-refractivity contribution in [1.29, 1.82) is 0 Å². The zero-order valence-electron chi connectivity index (χ0n) is 10.7. The van der Waals surface area contributed by atoms with Gasteiger partial charge in [-0.15, -0.1) is 0 Å². The van der Waals surface area contributed by atoms with Crippen molar-refractivity contribution in [2.45, 2.75) is 33.1 Å². The number of rotatable bonds is 4. The Hall–Kier alpha value is -2.04. The summed E-state index contributed by atoms with van der Waals surface area (Å²) >= 11 is 0. The lowest BCUT2D eigenvalue weighted by atomic mass is 10.1. The second-order valence-corrected chi connectivity index (χ2v) is 4.17. The third-order valence-corrected chi connectivity index (χ3v) is 2.86. The summed E-state index contributed by atoms with van der Waals surface area (Å²) in [4.78, 5) is 20.0. The van der Waals surface area contributed by atoms with Gasteiger partial charge >= 0.3 is 0 Å². The Balaban J connectivity index is 2.31. The van der Waals surface area contributed by atoms with Gasteiger partial charge in [-0.05, 0) is 25.5 Å². The number of hydrogen-bond donors (Lipinski definition) is 0. The van der Waals surface area contributed by atoms with E-state index in [2.05, 4.69) is 15.1 Å². The van der Waals surface area contributed by atoms with Crippen molar-refractivity contribution in [3.05, 3.63) is 29.8 Å². The summed E-state index contributed by atoms with van der Waals surface area (Å²) in [5.74, 6) is 0.504. The van der Waals surface area contributed by atoms with E-state index in [-0.39, 0.29) is 11.7 Å². The molecule has 2 aromatic rings. The van der Waals surface area contributed by atoms with Gasteiger partial charge in [0.2, 0.25) is 11.7 Å². The molecule has 0 fully saturated rings. The van der Waals surface area contributed by atoms with Crippen LogP contribution < -0.4 is 0 Å². The quantitative estimate of drug-likeness (QED) is 0.827. The molecule has 2 aromatic heterocycles. The van der Waals surface area contributed by atoms with E-state index in [1.54, 1.807) is 13.1 Å². The minimum Gasteiger partial charge on any atom is -0.338 e. The summed E-state index contributed by atoms with van der Waals surface area (Å²) in [5, 5.41) is 3.88. The minimum atomic E-state index is -0.361. The Morgan fingerprint density at radius 1 is 1.50 bits per heavy atom. The van der Waals surface area contributed by atoms with Gasteiger partial charge in [0.25, 0.3) is 0 Å². The van der Waals surface area contributed by atoms with E-state index >= 15 is 0 Å². The summed E-state index contributed by atoms with van der Waals surface area (Å²) in [6, 6.07) is 3.78. The normalized spacial score (nSPS) is 12.4. The zero-order chi connectivity index (χ0) is 13.1. The van der Waals surface area contributed by atoms with Gasteiger partial charge in [-0.2, -0.15) is 4.98 Å². The maximum atomic E-state index is 11.6. The molecule has 0 spiro atoms. The molecule has 18 heavy (non-hydrogen) atoms. The van der Waals surface area contributed by atoms with E-state index in [1.807, 2.05) is 26.0 Å². The first kappa shape index (κ1) is 12.4. The summed E-state index contributed by atoms with van der Waals surface area (Å²) in [5.41, 5.74) is 1.66. The molecule has 1 unspecified atom stereocenters. The highest BCUT2D eigenvalue weighted by atomic mass is 16.5.